The third kappa shape index (κ3) is 3.16. The Morgan fingerprint density at radius 2 is 2.30 bits per heavy atom. The van der Waals surface area contributed by atoms with Crippen molar-refractivity contribution in [1.82, 2.24) is 14.3 Å². The monoisotopic (exact) mass is 295 g/mol. The molecule has 1 amide bonds. The standard InChI is InChI=1S/C13H17N3O3S/c1-3-9(2)16(8-12(18)19)11(17)6-10-7-15-4-5-20-13(15)14-10/h4-5,7,9H,3,6,8H2,1-2H3,(H,18,19). The fraction of sp³-hybridized carbons (Fsp3) is 0.462. The highest BCUT2D eigenvalue weighted by atomic mass is 32.1. The van der Waals surface area contributed by atoms with Gasteiger partial charge in [0.25, 0.3) is 0 Å². The van der Waals surface area contributed by atoms with Gasteiger partial charge in [-0.05, 0) is 13.3 Å². The van der Waals surface area contributed by atoms with E-state index in [-0.39, 0.29) is 24.9 Å². The number of rotatable bonds is 6. The number of hydrogen-bond donors (Lipinski definition) is 1. The molecule has 1 unspecified atom stereocenters. The summed E-state index contributed by atoms with van der Waals surface area (Å²) in [6.45, 7) is 3.52. The van der Waals surface area contributed by atoms with Gasteiger partial charge in [-0.25, -0.2) is 4.98 Å². The van der Waals surface area contributed by atoms with Crippen LogP contribution in [0.3, 0.4) is 0 Å². The molecule has 2 rings (SSSR count). The number of thiazole rings is 1. The average molecular weight is 295 g/mol. The van der Waals surface area contributed by atoms with Crippen molar-refractivity contribution in [3.05, 3.63) is 23.5 Å². The molecule has 0 saturated carbocycles. The van der Waals surface area contributed by atoms with Crippen molar-refractivity contribution in [3.8, 4) is 0 Å². The van der Waals surface area contributed by atoms with Crippen LogP contribution >= 0.6 is 11.3 Å². The second-order valence-electron chi connectivity index (χ2n) is 4.67. The van der Waals surface area contributed by atoms with Gasteiger partial charge in [0.05, 0.1) is 12.1 Å². The van der Waals surface area contributed by atoms with Gasteiger partial charge >= 0.3 is 5.97 Å². The number of carbonyl (C=O) groups is 2. The number of carboxylic acid groups (broad SMARTS) is 1. The number of fused-ring (bicyclic) bond motifs is 1. The van der Waals surface area contributed by atoms with E-state index < -0.39 is 5.97 Å². The maximum atomic E-state index is 12.3. The summed E-state index contributed by atoms with van der Waals surface area (Å²) in [5, 5.41) is 10.8. The minimum absolute atomic E-state index is 0.0951. The normalized spacial score (nSPS) is 12.5. The zero-order chi connectivity index (χ0) is 14.7. The highest BCUT2D eigenvalue weighted by Gasteiger charge is 2.22. The Labute approximate surface area is 120 Å². The highest BCUT2D eigenvalue weighted by molar-refractivity contribution is 7.15. The first-order chi connectivity index (χ1) is 9.51. The molecule has 0 bridgehead atoms. The number of carboxylic acids is 1. The number of imidazole rings is 1. The van der Waals surface area contributed by atoms with Crippen molar-refractivity contribution in [2.24, 2.45) is 0 Å². The summed E-state index contributed by atoms with van der Waals surface area (Å²) < 4.78 is 1.86. The van der Waals surface area contributed by atoms with Gasteiger partial charge in [-0.3, -0.25) is 14.0 Å². The third-order valence-corrected chi connectivity index (χ3v) is 4.00. The van der Waals surface area contributed by atoms with E-state index in [2.05, 4.69) is 4.98 Å². The molecule has 2 aromatic heterocycles. The summed E-state index contributed by atoms with van der Waals surface area (Å²) in [5.41, 5.74) is 0.667. The smallest absolute Gasteiger partial charge is 0.323 e. The Hall–Kier alpha value is -1.89. The molecule has 0 aliphatic rings. The lowest BCUT2D eigenvalue weighted by molar-refractivity contribution is -0.145. The quantitative estimate of drug-likeness (QED) is 0.879. The van der Waals surface area contributed by atoms with Crippen molar-refractivity contribution in [3.63, 3.8) is 0 Å². The SMILES string of the molecule is CCC(C)N(CC(=O)O)C(=O)Cc1cn2ccsc2n1. The first kappa shape index (κ1) is 14.5. The van der Waals surface area contributed by atoms with Gasteiger partial charge < -0.3 is 10.0 Å². The fourth-order valence-electron chi connectivity index (χ4n) is 1.97. The largest absolute Gasteiger partial charge is 0.480 e. The molecule has 0 spiro atoms. The molecule has 0 aromatic carbocycles. The Morgan fingerprint density at radius 3 is 2.90 bits per heavy atom. The maximum absolute atomic E-state index is 12.3. The van der Waals surface area contributed by atoms with Crippen molar-refractivity contribution in [1.29, 1.82) is 0 Å². The van der Waals surface area contributed by atoms with Crippen LogP contribution in [-0.2, 0) is 16.0 Å². The Morgan fingerprint density at radius 1 is 1.55 bits per heavy atom. The first-order valence-electron chi connectivity index (χ1n) is 6.43. The molecular formula is C13H17N3O3S. The van der Waals surface area contributed by atoms with E-state index in [4.69, 9.17) is 5.11 Å². The Bertz CT molecular complexity index is 591. The van der Waals surface area contributed by atoms with Gasteiger partial charge in [0.2, 0.25) is 5.91 Å². The zero-order valence-electron chi connectivity index (χ0n) is 11.4. The van der Waals surface area contributed by atoms with Crippen molar-refractivity contribution in [2.75, 3.05) is 6.54 Å². The molecule has 0 fully saturated rings. The van der Waals surface area contributed by atoms with Crippen LogP contribution in [-0.4, -0.2) is 43.9 Å². The van der Waals surface area contributed by atoms with Crippen LogP contribution in [0.1, 0.15) is 26.0 Å². The molecule has 0 radical (unpaired) electrons. The summed E-state index contributed by atoms with van der Waals surface area (Å²) >= 11 is 1.50. The summed E-state index contributed by atoms with van der Waals surface area (Å²) in [6.07, 6.45) is 4.53. The van der Waals surface area contributed by atoms with E-state index in [1.54, 1.807) is 6.20 Å². The van der Waals surface area contributed by atoms with E-state index in [9.17, 15) is 9.59 Å². The average Bonchev–Trinajstić information content (AvgIpc) is 2.95. The van der Waals surface area contributed by atoms with Gasteiger partial charge in [0, 0.05) is 23.8 Å². The predicted molar refractivity (Wildman–Crippen MR) is 75.9 cm³/mol. The predicted octanol–water partition coefficient (Wildman–Crippen LogP) is 1.65. The number of hydrogen-bond acceptors (Lipinski definition) is 4. The second-order valence-corrected chi connectivity index (χ2v) is 5.55. The molecule has 0 saturated heterocycles. The molecule has 1 atom stereocenters. The molecule has 108 valence electrons. The minimum Gasteiger partial charge on any atom is -0.480 e. The number of aromatic nitrogens is 2. The molecule has 6 nitrogen and oxygen atoms in total. The topological polar surface area (TPSA) is 74.9 Å². The number of amides is 1. The van der Waals surface area contributed by atoms with Crippen molar-refractivity contribution in [2.45, 2.75) is 32.7 Å². The molecule has 2 heterocycles. The van der Waals surface area contributed by atoms with Crippen molar-refractivity contribution >= 4 is 28.2 Å². The summed E-state index contributed by atoms with van der Waals surface area (Å²) in [7, 11) is 0. The highest BCUT2D eigenvalue weighted by Crippen LogP contribution is 2.13. The Kier molecular flexibility index (Phi) is 4.39. The van der Waals surface area contributed by atoms with E-state index in [1.807, 2.05) is 29.8 Å². The molecule has 0 aliphatic carbocycles. The number of carbonyl (C=O) groups excluding carboxylic acids is 1. The molecule has 0 aliphatic heterocycles. The van der Waals surface area contributed by atoms with Crippen molar-refractivity contribution < 1.29 is 14.7 Å². The summed E-state index contributed by atoms with van der Waals surface area (Å²) in [4.78, 5) is 29.7. The summed E-state index contributed by atoms with van der Waals surface area (Å²) in [5.74, 6) is -1.20. The molecular weight excluding hydrogens is 278 g/mol. The molecule has 2 aromatic rings. The van der Waals surface area contributed by atoms with E-state index in [1.165, 1.54) is 16.2 Å². The lowest BCUT2D eigenvalue weighted by Gasteiger charge is -2.26. The minimum atomic E-state index is -0.996. The van der Waals surface area contributed by atoms with Crippen LogP contribution in [0.25, 0.3) is 4.96 Å². The van der Waals surface area contributed by atoms with Gasteiger partial charge in [-0.15, -0.1) is 11.3 Å². The molecule has 7 heteroatoms. The lowest BCUT2D eigenvalue weighted by atomic mass is 10.2. The maximum Gasteiger partial charge on any atom is 0.323 e. The van der Waals surface area contributed by atoms with Gasteiger partial charge in [-0.1, -0.05) is 6.92 Å². The van der Waals surface area contributed by atoms with Crippen LogP contribution < -0.4 is 0 Å². The van der Waals surface area contributed by atoms with Gasteiger partial charge in [0.15, 0.2) is 4.96 Å². The number of nitrogens with zero attached hydrogens (tertiary/aromatic N) is 3. The number of aliphatic carboxylic acids is 1. The molecule has 20 heavy (non-hydrogen) atoms. The van der Waals surface area contributed by atoms with Gasteiger partial charge in [0.1, 0.15) is 6.54 Å². The van der Waals surface area contributed by atoms with E-state index >= 15 is 0 Å². The van der Waals surface area contributed by atoms with Crippen LogP contribution in [0.2, 0.25) is 0 Å². The first-order valence-corrected chi connectivity index (χ1v) is 7.31. The third-order valence-electron chi connectivity index (χ3n) is 3.22. The van der Waals surface area contributed by atoms with Crippen LogP contribution in [0, 0.1) is 0 Å². The van der Waals surface area contributed by atoms with E-state index in [0.717, 1.165) is 11.4 Å². The van der Waals surface area contributed by atoms with Crippen LogP contribution in [0.15, 0.2) is 17.8 Å². The second kappa shape index (κ2) is 6.04. The summed E-state index contributed by atoms with van der Waals surface area (Å²) in [6, 6.07) is -0.0951. The Balaban J connectivity index is 2.10. The van der Waals surface area contributed by atoms with E-state index in [0.29, 0.717) is 5.69 Å². The van der Waals surface area contributed by atoms with Gasteiger partial charge in [-0.2, -0.15) is 0 Å². The fourth-order valence-corrected chi connectivity index (χ4v) is 2.69. The van der Waals surface area contributed by atoms with Crippen LogP contribution in [0.5, 0.6) is 0 Å². The van der Waals surface area contributed by atoms with Crippen LogP contribution in [0.4, 0.5) is 0 Å². The zero-order valence-corrected chi connectivity index (χ0v) is 12.3. The lowest BCUT2D eigenvalue weighted by Crippen LogP contribution is -2.42. The molecule has 1 N–H and O–H groups in total.